The van der Waals surface area contributed by atoms with Crippen LogP contribution in [0.4, 0.5) is 10.5 Å². The van der Waals surface area contributed by atoms with E-state index in [1.807, 2.05) is 0 Å². The molecule has 0 aliphatic heterocycles. The minimum absolute atomic E-state index is 0.132. The molecule has 0 saturated heterocycles. The lowest BCUT2D eigenvalue weighted by atomic mass is 10.1. The van der Waals surface area contributed by atoms with Crippen LogP contribution < -0.4 is 10.1 Å². The van der Waals surface area contributed by atoms with Crippen LogP contribution in [-0.4, -0.2) is 29.9 Å². The summed E-state index contributed by atoms with van der Waals surface area (Å²) in [5.41, 5.74) is 0.320. The highest BCUT2D eigenvalue weighted by Gasteiger charge is 2.18. The van der Waals surface area contributed by atoms with Gasteiger partial charge in [0.2, 0.25) is 0 Å². The average molecular weight is 281 g/mol. The molecule has 1 aromatic carbocycles. The van der Waals surface area contributed by atoms with E-state index in [-0.39, 0.29) is 6.42 Å². The van der Waals surface area contributed by atoms with Crippen molar-refractivity contribution in [1.29, 1.82) is 0 Å². The van der Waals surface area contributed by atoms with Gasteiger partial charge in [0.05, 0.1) is 19.2 Å². The summed E-state index contributed by atoms with van der Waals surface area (Å²) in [5, 5.41) is 11.3. The first-order valence-corrected chi connectivity index (χ1v) is 6.10. The maximum atomic E-state index is 11.7. The van der Waals surface area contributed by atoms with Crippen molar-refractivity contribution >= 4 is 17.7 Å². The minimum atomic E-state index is -0.946. The molecule has 0 unspecified atom stereocenters. The van der Waals surface area contributed by atoms with Crippen molar-refractivity contribution in [2.45, 2.75) is 32.8 Å². The number of carbonyl (C=O) groups is 2. The van der Waals surface area contributed by atoms with Gasteiger partial charge in [0.25, 0.3) is 0 Å². The molecule has 1 amide bonds. The number of hydrogen-bond donors (Lipinski definition) is 2. The van der Waals surface area contributed by atoms with E-state index in [1.54, 1.807) is 39.0 Å². The van der Waals surface area contributed by atoms with Crippen LogP contribution in [0, 0.1) is 0 Å². The zero-order valence-electron chi connectivity index (χ0n) is 12.0. The Morgan fingerprint density at radius 1 is 1.30 bits per heavy atom. The summed E-state index contributed by atoms with van der Waals surface area (Å²) in [4.78, 5) is 22.4. The van der Waals surface area contributed by atoms with Gasteiger partial charge in [0.15, 0.2) is 0 Å². The van der Waals surface area contributed by atoms with Crippen LogP contribution in [0.15, 0.2) is 18.2 Å². The van der Waals surface area contributed by atoms with Crippen molar-refractivity contribution in [3.63, 3.8) is 0 Å². The smallest absolute Gasteiger partial charge is 0.412 e. The second-order valence-corrected chi connectivity index (χ2v) is 5.23. The van der Waals surface area contributed by atoms with Gasteiger partial charge < -0.3 is 14.6 Å². The van der Waals surface area contributed by atoms with Crippen molar-refractivity contribution in [3.8, 4) is 5.75 Å². The number of ether oxygens (including phenoxy) is 2. The Balaban J connectivity index is 2.91. The van der Waals surface area contributed by atoms with Gasteiger partial charge in [-0.15, -0.1) is 0 Å². The van der Waals surface area contributed by atoms with Gasteiger partial charge in [-0.05, 0) is 38.5 Å². The number of hydrogen-bond acceptors (Lipinski definition) is 4. The van der Waals surface area contributed by atoms with Gasteiger partial charge in [-0.3, -0.25) is 10.1 Å². The lowest BCUT2D eigenvalue weighted by Crippen LogP contribution is -2.27. The molecule has 0 radical (unpaired) electrons. The van der Waals surface area contributed by atoms with Gasteiger partial charge in [-0.1, -0.05) is 6.07 Å². The topological polar surface area (TPSA) is 84.9 Å². The minimum Gasteiger partial charge on any atom is -0.495 e. The highest BCUT2D eigenvalue weighted by Crippen LogP contribution is 2.26. The van der Waals surface area contributed by atoms with E-state index in [2.05, 4.69) is 5.32 Å². The Morgan fingerprint density at radius 3 is 2.45 bits per heavy atom. The summed E-state index contributed by atoms with van der Waals surface area (Å²) in [5.74, 6) is -0.511. The normalized spacial score (nSPS) is 10.8. The van der Waals surface area contributed by atoms with Gasteiger partial charge in [-0.25, -0.2) is 4.79 Å². The Bertz CT molecular complexity index is 505. The first-order valence-electron chi connectivity index (χ1n) is 6.10. The van der Waals surface area contributed by atoms with E-state index in [0.717, 1.165) is 0 Å². The highest BCUT2D eigenvalue weighted by atomic mass is 16.6. The number of carbonyl (C=O) groups excluding carboxylic acids is 1. The van der Waals surface area contributed by atoms with E-state index >= 15 is 0 Å². The molecule has 20 heavy (non-hydrogen) atoms. The van der Waals surface area contributed by atoms with Crippen LogP contribution >= 0.6 is 0 Å². The summed E-state index contributed by atoms with van der Waals surface area (Å²) < 4.78 is 10.3. The van der Waals surface area contributed by atoms with E-state index in [0.29, 0.717) is 17.0 Å². The lowest BCUT2D eigenvalue weighted by molar-refractivity contribution is -0.136. The summed E-state index contributed by atoms with van der Waals surface area (Å²) in [7, 11) is 1.46. The van der Waals surface area contributed by atoms with Crippen molar-refractivity contribution < 1.29 is 24.2 Å². The van der Waals surface area contributed by atoms with Crippen molar-refractivity contribution in [2.24, 2.45) is 0 Å². The number of methoxy groups -OCH3 is 1. The second-order valence-electron chi connectivity index (χ2n) is 5.23. The third-order valence-corrected chi connectivity index (χ3v) is 2.25. The quantitative estimate of drug-likeness (QED) is 0.886. The molecule has 0 heterocycles. The second kappa shape index (κ2) is 6.27. The molecule has 0 atom stereocenters. The summed E-state index contributed by atoms with van der Waals surface area (Å²) >= 11 is 0. The third kappa shape index (κ3) is 5.17. The molecule has 6 nitrogen and oxygen atoms in total. The summed E-state index contributed by atoms with van der Waals surface area (Å²) in [6, 6.07) is 4.79. The Morgan fingerprint density at radius 2 is 1.95 bits per heavy atom. The van der Waals surface area contributed by atoms with E-state index in [1.165, 1.54) is 7.11 Å². The fourth-order valence-corrected chi connectivity index (χ4v) is 1.55. The molecular weight excluding hydrogens is 262 g/mol. The van der Waals surface area contributed by atoms with Gasteiger partial charge >= 0.3 is 12.1 Å². The molecule has 0 fully saturated rings. The Kier molecular flexibility index (Phi) is 4.96. The van der Waals surface area contributed by atoms with Crippen LogP contribution in [-0.2, 0) is 16.0 Å². The first-order chi connectivity index (χ1) is 9.21. The SMILES string of the molecule is COc1ccc(CC(=O)O)cc1NC(=O)OC(C)(C)C. The van der Waals surface area contributed by atoms with E-state index < -0.39 is 17.7 Å². The summed E-state index contributed by atoms with van der Waals surface area (Å²) in [6.07, 6.45) is -0.754. The maximum Gasteiger partial charge on any atom is 0.412 e. The van der Waals surface area contributed by atoms with Gasteiger partial charge in [0, 0.05) is 0 Å². The third-order valence-electron chi connectivity index (χ3n) is 2.25. The molecule has 1 aromatic rings. The highest BCUT2D eigenvalue weighted by molar-refractivity contribution is 5.87. The maximum absolute atomic E-state index is 11.7. The monoisotopic (exact) mass is 281 g/mol. The van der Waals surface area contributed by atoms with Crippen LogP contribution in [0.25, 0.3) is 0 Å². The van der Waals surface area contributed by atoms with Gasteiger partial charge in [0.1, 0.15) is 11.4 Å². The number of amides is 1. The molecule has 1 rings (SSSR count). The predicted octanol–water partition coefficient (Wildman–Crippen LogP) is 2.67. The van der Waals surface area contributed by atoms with Crippen LogP contribution in [0.1, 0.15) is 26.3 Å². The largest absolute Gasteiger partial charge is 0.495 e. The predicted molar refractivity (Wildman–Crippen MR) is 74.2 cm³/mol. The average Bonchev–Trinajstić information content (AvgIpc) is 2.25. The van der Waals surface area contributed by atoms with Crippen molar-refractivity contribution in [1.82, 2.24) is 0 Å². The molecule has 110 valence electrons. The van der Waals surface area contributed by atoms with E-state index in [9.17, 15) is 9.59 Å². The number of carboxylic acid groups (broad SMARTS) is 1. The molecule has 0 bridgehead atoms. The number of nitrogens with one attached hydrogen (secondary N) is 1. The molecule has 0 spiro atoms. The molecule has 0 aromatic heterocycles. The first kappa shape index (κ1) is 15.8. The Hall–Kier alpha value is -2.24. The van der Waals surface area contributed by atoms with Crippen LogP contribution in [0.2, 0.25) is 0 Å². The number of aliphatic carboxylic acids is 1. The van der Waals surface area contributed by atoms with Crippen molar-refractivity contribution in [3.05, 3.63) is 23.8 Å². The fourth-order valence-electron chi connectivity index (χ4n) is 1.55. The standard InChI is InChI=1S/C14H19NO5/c1-14(2,3)20-13(18)15-10-7-9(8-12(16)17)5-6-11(10)19-4/h5-7H,8H2,1-4H3,(H,15,18)(H,16,17). The lowest BCUT2D eigenvalue weighted by Gasteiger charge is -2.20. The van der Waals surface area contributed by atoms with Crippen LogP contribution in [0.3, 0.4) is 0 Å². The molecule has 6 heteroatoms. The molecule has 0 saturated carbocycles. The number of anilines is 1. The zero-order valence-corrected chi connectivity index (χ0v) is 12.0. The Labute approximate surface area is 117 Å². The molecule has 0 aliphatic rings. The van der Waals surface area contributed by atoms with E-state index in [4.69, 9.17) is 14.6 Å². The molecule has 2 N–H and O–H groups in total. The zero-order chi connectivity index (χ0) is 15.3. The fraction of sp³-hybridized carbons (Fsp3) is 0.429. The molecular formula is C14H19NO5. The summed E-state index contributed by atoms with van der Waals surface area (Å²) in [6.45, 7) is 5.26. The van der Waals surface area contributed by atoms with Crippen molar-refractivity contribution in [2.75, 3.05) is 12.4 Å². The number of benzene rings is 1. The van der Waals surface area contributed by atoms with Gasteiger partial charge in [-0.2, -0.15) is 0 Å². The number of carboxylic acids is 1. The molecule has 0 aliphatic carbocycles. The number of rotatable bonds is 4. The van der Waals surface area contributed by atoms with Crippen LogP contribution in [0.5, 0.6) is 5.75 Å².